The number of anilines is 1. The molecule has 4 atom stereocenters. The molecule has 0 radical (unpaired) electrons. The summed E-state index contributed by atoms with van der Waals surface area (Å²) in [5.41, 5.74) is 1.37. The van der Waals surface area contributed by atoms with Crippen molar-refractivity contribution in [1.82, 2.24) is 15.5 Å². The Morgan fingerprint density at radius 3 is 2.63 bits per heavy atom. The van der Waals surface area contributed by atoms with E-state index in [9.17, 15) is 14.4 Å². The van der Waals surface area contributed by atoms with Crippen LogP contribution in [0.1, 0.15) is 37.7 Å². The van der Waals surface area contributed by atoms with E-state index in [0.717, 1.165) is 57.2 Å². The zero-order valence-electron chi connectivity index (χ0n) is 17.3. The number of nitriles is 1. The van der Waals surface area contributed by atoms with Crippen molar-refractivity contribution in [3.8, 4) is 6.07 Å². The number of benzene rings is 1. The quantitative estimate of drug-likeness (QED) is 0.747. The highest BCUT2D eigenvalue weighted by atomic mass is 19.1. The van der Waals surface area contributed by atoms with E-state index in [0.29, 0.717) is 17.5 Å². The molecule has 2 bridgehead atoms. The second kappa shape index (κ2) is 8.16. The van der Waals surface area contributed by atoms with Crippen LogP contribution in [-0.2, 0) is 11.2 Å². The van der Waals surface area contributed by atoms with Crippen molar-refractivity contribution in [3.05, 3.63) is 29.6 Å². The summed E-state index contributed by atoms with van der Waals surface area (Å²) in [5, 5.41) is 15.7. The maximum absolute atomic E-state index is 14.8. The van der Waals surface area contributed by atoms with Crippen LogP contribution in [0.25, 0.3) is 0 Å². The van der Waals surface area contributed by atoms with Crippen molar-refractivity contribution in [3.63, 3.8) is 0 Å². The first-order valence-corrected chi connectivity index (χ1v) is 11.3. The summed E-state index contributed by atoms with van der Waals surface area (Å²) in [7, 11) is 0. The summed E-state index contributed by atoms with van der Waals surface area (Å²) in [5.74, 6) is -0.0604. The molecule has 5 rings (SSSR count). The second-order valence-electron chi connectivity index (χ2n) is 9.34. The summed E-state index contributed by atoms with van der Waals surface area (Å²) >= 11 is 0. The van der Waals surface area contributed by atoms with Crippen LogP contribution in [0.2, 0.25) is 0 Å². The third-order valence-corrected chi connectivity index (χ3v) is 7.32. The number of carbonyl (C=O) groups excluding carboxylic acids is 1. The van der Waals surface area contributed by atoms with Crippen LogP contribution < -0.4 is 15.5 Å². The summed E-state index contributed by atoms with van der Waals surface area (Å²) in [6.45, 7) is 3.91. The molecule has 0 aromatic heterocycles. The van der Waals surface area contributed by atoms with E-state index in [2.05, 4.69) is 26.5 Å². The van der Waals surface area contributed by atoms with Crippen molar-refractivity contribution >= 4 is 11.6 Å². The van der Waals surface area contributed by atoms with Crippen molar-refractivity contribution in [2.75, 3.05) is 31.1 Å². The van der Waals surface area contributed by atoms with Gasteiger partial charge in [0.2, 0.25) is 5.91 Å². The lowest BCUT2D eigenvalue weighted by Gasteiger charge is -2.36. The van der Waals surface area contributed by atoms with Gasteiger partial charge in [0.25, 0.3) is 0 Å². The Kier molecular flexibility index (Phi) is 5.38. The Balaban J connectivity index is 1.18. The first-order chi connectivity index (χ1) is 14.6. The molecule has 4 fully saturated rings. The molecule has 3 unspecified atom stereocenters. The van der Waals surface area contributed by atoms with E-state index in [1.807, 2.05) is 6.07 Å². The number of nitrogens with zero attached hydrogens (tertiary/aromatic N) is 3. The fourth-order valence-electron chi connectivity index (χ4n) is 5.44. The van der Waals surface area contributed by atoms with Gasteiger partial charge in [-0.25, -0.2) is 4.39 Å². The Bertz CT molecular complexity index is 842. The largest absolute Gasteiger partial charge is 0.369 e. The molecular formula is C23H30FN5O. The molecule has 2 saturated carbocycles. The summed E-state index contributed by atoms with van der Waals surface area (Å²) in [6.07, 6.45) is 6.06. The van der Waals surface area contributed by atoms with Gasteiger partial charge in [0, 0.05) is 50.4 Å². The molecule has 0 spiro atoms. The highest BCUT2D eigenvalue weighted by Crippen LogP contribution is 2.35. The average molecular weight is 412 g/mol. The number of piperidine rings is 1. The molecule has 30 heavy (non-hydrogen) atoms. The minimum absolute atomic E-state index is 0.126. The van der Waals surface area contributed by atoms with Gasteiger partial charge in [-0.2, -0.15) is 5.26 Å². The third-order valence-electron chi connectivity index (χ3n) is 7.32. The van der Waals surface area contributed by atoms with Crippen LogP contribution in [-0.4, -0.2) is 61.2 Å². The zero-order chi connectivity index (χ0) is 20.7. The minimum atomic E-state index is -0.721. The van der Waals surface area contributed by atoms with Gasteiger partial charge in [-0.05, 0) is 55.7 Å². The van der Waals surface area contributed by atoms with E-state index in [4.69, 9.17) is 0 Å². The number of hydrogen-bond donors (Lipinski definition) is 2. The Morgan fingerprint density at radius 1 is 1.23 bits per heavy atom. The van der Waals surface area contributed by atoms with Crippen LogP contribution in [0, 0.1) is 23.1 Å². The molecule has 1 aromatic carbocycles. The molecule has 7 heteroatoms. The van der Waals surface area contributed by atoms with E-state index >= 15 is 0 Å². The number of amides is 1. The van der Waals surface area contributed by atoms with E-state index in [-0.39, 0.29) is 24.2 Å². The maximum atomic E-state index is 14.8. The first-order valence-electron chi connectivity index (χ1n) is 11.3. The topological polar surface area (TPSA) is 71.4 Å². The fraction of sp³-hybridized carbons (Fsp3) is 0.652. The van der Waals surface area contributed by atoms with Crippen LogP contribution in [0.5, 0.6) is 0 Å². The monoisotopic (exact) mass is 411 g/mol. The van der Waals surface area contributed by atoms with Crippen molar-refractivity contribution in [2.45, 2.75) is 62.7 Å². The number of piperazine rings is 1. The highest BCUT2D eigenvalue weighted by molar-refractivity contribution is 5.83. The first kappa shape index (κ1) is 19.8. The van der Waals surface area contributed by atoms with E-state index < -0.39 is 6.04 Å². The predicted molar refractivity (Wildman–Crippen MR) is 113 cm³/mol. The van der Waals surface area contributed by atoms with E-state index in [1.165, 1.54) is 12.8 Å². The summed E-state index contributed by atoms with van der Waals surface area (Å²) in [6, 6.07) is 7.70. The SMILES string of the molecule is N#C[C@H](Cc1ccc(N2CCN(C3CC3)CC2)cc1F)NC(=O)C1NC2CCC1C2. The van der Waals surface area contributed by atoms with Crippen molar-refractivity contribution in [1.29, 1.82) is 5.26 Å². The molecule has 2 aliphatic heterocycles. The Morgan fingerprint density at radius 2 is 2.03 bits per heavy atom. The Labute approximate surface area is 177 Å². The van der Waals surface area contributed by atoms with Gasteiger partial charge in [0.05, 0.1) is 12.1 Å². The Hall–Kier alpha value is -2.17. The van der Waals surface area contributed by atoms with Gasteiger partial charge in [0.1, 0.15) is 11.9 Å². The molecular weight excluding hydrogens is 381 g/mol. The number of rotatable bonds is 6. The van der Waals surface area contributed by atoms with Gasteiger partial charge in [-0.1, -0.05) is 6.07 Å². The number of carbonyl (C=O) groups is 1. The maximum Gasteiger partial charge on any atom is 0.238 e. The zero-order valence-corrected chi connectivity index (χ0v) is 17.3. The van der Waals surface area contributed by atoms with E-state index in [1.54, 1.807) is 12.1 Å². The van der Waals surface area contributed by atoms with Crippen LogP contribution in [0.4, 0.5) is 10.1 Å². The van der Waals surface area contributed by atoms with Gasteiger partial charge in [-0.15, -0.1) is 0 Å². The standard InChI is InChI=1S/C23H30FN5O/c24-21-13-20(29-9-7-28(8-10-29)19-5-6-19)4-2-15(21)11-18(14-25)27-23(30)22-16-1-3-17(12-16)26-22/h2,4,13,16-19,22,26H,1,3,5-12H2,(H,27,30)/t16?,17?,18-,22?/m0/s1. The lowest BCUT2D eigenvalue weighted by atomic mass is 9.98. The summed E-state index contributed by atoms with van der Waals surface area (Å²) < 4.78 is 14.8. The average Bonchev–Trinajstić information content (AvgIpc) is 3.40. The van der Waals surface area contributed by atoms with Crippen LogP contribution >= 0.6 is 0 Å². The molecule has 160 valence electrons. The number of nitrogens with one attached hydrogen (secondary N) is 2. The van der Waals surface area contributed by atoms with Gasteiger partial charge in [-0.3, -0.25) is 9.69 Å². The lowest BCUT2D eigenvalue weighted by molar-refractivity contribution is -0.124. The summed E-state index contributed by atoms with van der Waals surface area (Å²) in [4.78, 5) is 17.4. The highest BCUT2D eigenvalue weighted by Gasteiger charge is 2.43. The predicted octanol–water partition coefficient (Wildman–Crippen LogP) is 1.80. The molecule has 2 aliphatic carbocycles. The molecule has 6 nitrogen and oxygen atoms in total. The lowest BCUT2D eigenvalue weighted by Crippen LogP contribution is -2.50. The van der Waals surface area contributed by atoms with Gasteiger partial charge < -0.3 is 15.5 Å². The molecule has 1 aromatic rings. The number of halogens is 1. The molecule has 1 amide bonds. The molecule has 2 saturated heterocycles. The van der Waals surface area contributed by atoms with Crippen molar-refractivity contribution in [2.24, 2.45) is 5.92 Å². The number of fused-ring (bicyclic) bond motifs is 2. The normalized spacial score (nSPS) is 29.6. The smallest absolute Gasteiger partial charge is 0.238 e. The minimum Gasteiger partial charge on any atom is -0.369 e. The molecule has 4 aliphatic rings. The van der Waals surface area contributed by atoms with Gasteiger partial charge in [0.15, 0.2) is 0 Å². The van der Waals surface area contributed by atoms with Crippen LogP contribution in [0.15, 0.2) is 18.2 Å². The number of hydrogen-bond acceptors (Lipinski definition) is 5. The van der Waals surface area contributed by atoms with Crippen LogP contribution in [0.3, 0.4) is 0 Å². The van der Waals surface area contributed by atoms with Gasteiger partial charge >= 0.3 is 0 Å². The second-order valence-corrected chi connectivity index (χ2v) is 9.34. The fourth-order valence-corrected chi connectivity index (χ4v) is 5.44. The molecule has 2 N–H and O–H groups in total. The van der Waals surface area contributed by atoms with Crippen molar-refractivity contribution < 1.29 is 9.18 Å². The third kappa shape index (κ3) is 4.03. The molecule has 2 heterocycles.